The average molecular weight is 324 g/mol. The van der Waals surface area contributed by atoms with Crippen molar-refractivity contribution < 1.29 is 9.53 Å². The van der Waals surface area contributed by atoms with E-state index >= 15 is 0 Å². The summed E-state index contributed by atoms with van der Waals surface area (Å²) in [6.45, 7) is 3.68. The van der Waals surface area contributed by atoms with Gasteiger partial charge in [-0.15, -0.1) is 6.58 Å². The van der Waals surface area contributed by atoms with Gasteiger partial charge in [0.1, 0.15) is 5.75 Å². The monoisotopic (exact) mass is 324 g/mol. The number of hydrogen-bond donors (Lipinski definition) is 1. The summed E-state index contributed by atoms with van der Waals surface area (Å²) in [6.07, 6.45) is 2.51. The number of thiazole rings is 1. The second-order valence-corrected chi connectivity index (χ2v) is 5.95. The minimum atomic E-state index is -0.225. The predicted molar refractivity (Wildman–Crippen MR) is 94.1 cm³/mol. The number of benzene rings is 2. The zero-order chi connectivity index (χ0) is 16.1. The first-order valence-corrected chi connectivity index (χ1v) is 8.05. The number of hydrogen-bond acceptors (Lipinski definition) is 4. The number of nitrogens with one attached hydrogen (secondary N) is 1. The SMILES string of the molecule is C=CCc1ccccc1OCC(=O)Nc1nc2ccccc2s1. The Bertz CT molecular complexity index is 809. The lowest BCUT2D eigenvalue weighted by Gasteiger charge is -2.09. The molecule has 0 saturated carbocycles. The number of allylic oxidation sites excluding steroid dienone is 1. The Morgan fingerprint density at radius 1 is 1.22 bits per heavy atom. The third-order valence-electron chi connectivity index (χ3n) is 3.24. The van der Waals surface area contributed by atoms with Gasteiger partial charge in [0.05, 0.1) is 10.2 Å². The van der Waals surface area contributed by atoms with Gasteiger partial charge in [0.25, 0.3) is 5.91 Å². The summed E-state index contributed by atoms with van der Waals surface area (Å²) < 4.78 is 6.66. The fourth-order valence-corrected chi connectivity index (χ4v) is 3.08. The molecule has 3 aromatic rings. The standard InChI is InChI=1S/C18H16N2O2S/c1-2-7-13-8-3-5-10-15(13)22-12-17(21)20-18-19-14-9-4-6-11-16(14)23-18/h2-6,8-11H,1,7,12H2,(H,19,20,21). The molecule has 1 amide bonds. The molecule has 0 aliphatic heterocycles. The number of carbonyl (C=O) groups excluding carboxylic acids is 1. The highest BCUT2D eigenvalue weighted by atomic mass is 32.1. The molecule has 0 saturated heterocycles. The summed E-state index contributed by atoms with van der Waals surface area (Å²) in [5, 5.41) is 3.36. The molecule has 0 unspecified atom stereocenters. The summed E-state index contributed by atoms with van der Waals surface area (Å²) in [6, 6.07) is 15.4. The van der Waals surface area contributed by atoms with Gasteiger partial charge in [-0.05, 0) is 30.2 Å². The Hall–Kier alpha value is -2.66. The molecular weight excluding hydrogens is 308 g/mol. The quantitative estimate of drug-likeness (QED) is 0.696. The number of rotatable bonds is 6. The van der Waals surface area contributed by atoms with Crippen LogP contribution >= 0.6 is 11.3 Å². The average Bonchev–Trinajstić information content (AvgIpc) is 2.96. The molecule has 5 heteroatoms. The molecule has 1 N–H and O–H groups in total. The van der Waals surface area contributed by atoms with Crippen molar-refractivity contribution in [3.63, 3.8) is 0 Å². The first kappa shape index (κ1) is 15.2. The molecular formula is C18H16N2O2S. The summed E-state index contributed by atoms with van der Waals surface area (Å²) in [5.41, 5.74) is 1.89. The van der Waals surface area contributed by atoms with Crippen molar-refractivity contribution in [2.45, 2.75) is 6.42 Å². The van der Waals surface area contributed by atoms with Gasteiger partial charge in [0, 0.05) is 0 Å². The maximum atomic E-state index is 12.0. The van der Waals surface area contributed by atoms with Crippen molar-refractivity contribution in [1.82, 2.24) is 4.98 Å². The number of carbonyl (C=O) groups is 1. The fraction of sp³-hybridized carbons (Fsp3) is 0.111. The molecule has 3 rings (SSSR count). The molecule has 0 spiro atoms. The van der Waals surface area contributed by atoms with E-state index in [1.165, 1.54) is 11.3 Å². The Morgan fingerprint density at radius 2 is 2.00 bits per heavy atom. The Kier molecular flexibility index (Phi) is 4.68. The van der Waals surface area contributed by atoms with Crippen LogP contribution in [-0.2, 0) is 11.2 Å². The fourth-order valence-electron chi connectivity index (χ4n) is 2.19. The van der Waals surface area contributed by atoms with E-state index in [1.807, 2.05) is 54.6 Å². The molecule has 0 aliphatic carbocycles. The van der Waals surface area contributed by atoms with E-state index in [4.69, 9.17) is 4.74 Å². The lowest BCUT2D eigenvalue weighted by Crippen LogP contribution is -2.20. The van der Waals surface area contributed by atoms with E-state index in [1.54, 1.807) is 0 Å². The number of fused-ring (bicyclic) bond motifs is 1. The van der Waals surface area contributed by atoms with Crippen LogP contribution in [0.1, 0.15) is 5.56 Å². The van der Waals surface area contributed by atoms with Crippen LogP contribution in [0, 0.1) is 0 Å². The van der Waals surface area contributed by atoms with E-state index in [-0.39, 0.29) is 12.5 Å². The van der Waals surface area contributed by atoms with Gasteiger partial charge in [-0.1, -0.05) is 47.7 Å². The maximum Gasteiger partial charge on any atom is 0.264 e. The van der Waals surface area contributed by atoms with Crippen molar-refractivity contribution in [2.24, 2.45) is 0 Å². The molecule has 0 fully saturated rings. The zero-order valence-electron chi connectivity index (χ0n) is 12.5. The van der Waals surface area contributed by atoms with E-state index in [9.17, 15) is 4.79 Å². The molecule has 0 aliphatic rings. The normalized spacial score (nSPS) is 10.4. The van der Waals surface area contributed by atoms with Crippen LogP contribution in [0.3, 0.4) is 0 Å². The van der Waals surface area contributed by atoms with Crippen LogP contribution in [0.5, 0.6) is 5.75 Å². The topological polar surface area (TPSA) is 51.2 Å². The van der Waals surface area contributed by atoms with Gasteiger partial charge in [-0.3, -0.25) is 10.1 Å². The lowest BCUT2D eigenvalue weighted by atomic mass is 10.1. The first-order valence-electron chi connectivity index (χ1n) is 7.23. The zero-order valence-corrected chi connectivity index (χ0v) is 13.3. The molecule has 4 nitrogen and oxygen atoms in total. The van der Waals surface area contributed by atoms with E-state index in [0.29, 0.717) is 17.3 Å². The van der Waals surface area contributed by atoms with E-state index in [2.05, 4.69) is 16.9 Å². The molecule has 1 aromatic heterocycles. The summed E-state index contributed by atoms with van der Waals surface area (Å²) in [4.78, 5) is 16.4. The number of nitrogens with zero attached hydrogens (tertiary/aromatic N) is 1. The van der Waals surface area contributed by atoms with E-state index in [0.717, 1.165) is 15.8 Å². The number of ether oxygens (including phenoxy) is 1. The van der Waals surface area contributed by atoms with Crippen molar-refractivity contribution in [3.8, 4) is 5.75 Å². The minimum absolute atomic E-state index is 0.0515. The highest BCUT2D eigenvalue weighted by Gasteiger charge is 2.09. The van der Waals surface area contributed by atoms with Crippen molar-refractivity contribution >= 4 is 32.6 Å². The Balaban J connectivity index is 1.62. The lowest BCUT2D eigenvalue weighted by molar-refractivity contribution is -0.118. The Morgan fingerprint density at radius 3 is 2.83 bits per heavy atom. The van der Waals surface area contributed by atoms with Crippen LogP contribution in [0.4, 0.5) is 5.13 Å². The number of amides is 1. The molecule has 0 bridgehead atoms. The van der Waals surface area contributed by atoms with Gasteiger partial charge in [-0.25, -0.2) is 4.98 Å². The number of anilines is 1. The molecule has 1 heterocycles. The largest absolute Gasteiger partial charge is 0.483 e. The molecule has 0 atom stereocenters. The van der Waals surface area contributed by atoms with Crippen molar-refractivity contribution in [3.05, 3.63) is 66.7 Å². The van der Waals surface area contributed by atoms with Crippen molar-refractivity contribution in [1.29, 1.82) is 0 Å². The van der Waals surface area contributed by atoms with Gasteiger partial charge in [-0.2, -0.15) is 0 Å². The summed E-state index contributed by atoms with van der Waals surface area (Å²) >= 11 is 1.45. The van der Waals surface area contributed by atoms with Crippen LogP contribution in [0.2, 0.25) is 0 Å². The summed E-state index contributed by atoms with van der Waals surface area (Å²) in [5.74, 6) is 0.476. The van der Waals surface area contributed by atoms with Gasteiger partial charge in [0.15, 0.2) is 11.7 Å². The highest BCUT2D eigenvalue weighted by molar-refractivity contribution is 7.22. The van der Waals surface area contributed by atoms with Crippen LogP contribution in [0.25, 0.3) is 10.2 Å². The molecule has 23 heavy (non-hydrogen) atoms. The number of para-hydroxylation sites is 2. The second kappa shape index (κ2) is 7.07. The van der Waals surface area contributed by atoms with Crippen LogP contribution in [0.15, 0.2) is 61.2 Å². The van der Waals surface area contributed by atoms with Gasteiger partial charge >= 0.3 is 0 Å². The molecule has 0 radical (unpaired) electrons. The minimum Gasteiger partial charge on any atom is -0.483 e. The van der Waals surface area contributed by atoms with Gasteiger partial charge < -0.3 is 4.74 Å². The third-order valence-corrected chi connectivity index (χ3v) is 4.19. The third kappa shape index (κ3) is 3.76. The molecule has 116 valence electrons. The predicted octanol–water partition coefficient (Wildman–Crippen LogP) is 4.04. The number of aromatic nitrogens is 1. The second-order valence-electron chi connectivity index (χ2n) is 4.92. The summed E-state index contributed by atoms with van der Waals surface area (Å²) in [7, 11) is 0. The van der Waals surface area contributed by atoms with E-state index < -0.39 is 0 Å². The van der Waals surface area contributed by atoms with Gasteiger partial charge in [0.2, 0.25) is 0 Å². The van der Waals surface area contributed by atoms with Crippen LogP contribution in [-0.4, -0.2) is 17.5 Å². The van der Waals surface area contributed by atoms with Crippen LogP contribution < -0.4 is 10.1 Å². The highest BCUT2D eigenvalue weighted by Crippen LogP contribution is 2.25. The maximum absolute atomic E-state index is 12.0. The Labute approximate surface area is 138 Å². The molecule has 2 aromatic carbocycles. The smallest absolute Gasteiger partial charge is 0.264 e. The van der Waals surface area contributed by atoms with Crippen molar-refractivity contribution in [2.75, 3.05) is 11.9 Å². The first-order chi connectivity index (χ1) is 11.3.